The third kappa shape index (κ3) is 5.22. The molecule has 0 atom stereocenters. The topological polar surface area (TPSA) is 42.2 Å². The van der Waals surface area contributed by atoms with Crippen molar-refractivity contribution in [1.82, 2.24) is 5.32 Å². The lowest BCUT2D eigenvalue weighted by molar-refractivity contribution is -0.116. The van der Waals surface area contributed by atoms with Gasteiger partial charge in [0.05, 0.1) is 0 Å². The Labute approximate surface area is 110 Å². The summed E-state index contributed by atoms with van der Waals surface area (Å²) < 4.78 is 5.91. The molecule has 0 aliphatic carbocycles. The van der Waals surface area contributed by atoms with Crippen molar-refractivity contribution in [2.24, 2.45) is 5.92 Å². The van der Waals surface area contributed by atoms with Crippen molar-refractivity contribution in [3.8, 4) is 0 Å². The number of furan rings is 1. The monoisotopic (exact) mass is 299 g/mol. The summed E-state index contributed by atoms with van der Waals surface area (Å²) in [4.78, 5) is 11.5. The minimum absolute atomic E-state index is 0.0792. The summed E-state index contributed by atoms with van der Waals surface area (Å²) in [6, 6.07) is 3.59. The Kier molecular flexibility index (Phi) is 6.05. The molecule has 3 nitrogen and oxygen atoms in total. The van der Waals surface area contributed by atoms with Crippen molar-refractivity contribution in [3.63, 3.8) is 0 Å². The van der Waals surface area contributed by atoms with Gasteiger partial charge in [-0.25, -0.2) is 0 Å². The van der Waals surface area contributed by atoms with Crippen LogP contribution in [-0.2, 0) is 4.79 Å². The minimum atomic E-state index is -0.0792. The van der Waals surface area contributed by atoms with E-state index in [-0.39, 0.29) is 5.91 Å². The molecule has 17 heavy (non-hydrogen) atoms. The summed E-state index contributed by atoms with van der Waals surface area (Å²) in [5.41, 5.74) is 0. The van der Waals surface area contributed by atoms with Crippen molar-refractivity contribution < 1.29 is 9.21 Å². The zero-order valence-electron chi connectivity index (χ0n) is 10.2. The lowest BCUT2D eigenvalue weighted by atomic mass is 10.0. The third-order valence-corrected chi connectivity index (χ3v) is 3.14. The van der Waals surface area contributed by atoms with Crippen LogP contribution in [0.3, 0.4) is 0 Å². The predicted molar refractivity (Wildman–Crippen MR) is 72.5 cm³/mol. The fraction of sp³-hybridized carbons (Fsp3) is 0.462. The first kappa shape index (κ1) is 14.0. The number of hydrogen-bond acceptors (Lipinski definition) is 2. The number of nitrogens with one attached hydrogen (secondary N) is 1. The van der Waals surface area contributed by atoms with Crippen LogP contribution in [0.15, 0.2) is 27.3 Å². The van der Waals surface area contributed by atoms with Crippen molar-refractivity contribution in [1.29, 1.82) is 0 Å². The van der Waals surface area contributed by atoms with E-state index in [1.165, 1.54) is 6.08 Å². The van der Waals surface area contributed by atoms with E-state index in [4.69, 9.17) is 4.42 Å². The molecule has 0 saturated heterocycles. The highest BCUT2D eigenvalue weighted by atomic mass is 79.9. The average Bonchev–Trinajstić information content (AvgIpc) is 2.74. The Morgan fingerprint density at radius 3 is 2.71 bits per heavy atom. The van der Waals surface area contributed by atoms with Crippen LogP contribution in [0.2, 0.25) is 0 Å². The molecule has 94 valence electrons. The summed E-state index contributed by atoms with van der Waals surface area (Å²) in [6.07, 6.45) is 5.33. The molecule has 0 aromatic carbocycles. The normalized spacial score (nSPS) is 11.3. The van der Waals surface area contributed by atoms with Crippen molar-refractivity contribution in [2.45, 2.75) is 26.7 Å². The molecule has 0 fully saturated rings. The number of amides is 1. The zero-order chi connectivity index (χ0) is 12.7. The molecule has 0 radical (unpaired) electrons. The van der Waals surface area contributed by atoms with E-state index >= 15 is 0 Å². The van der Waals surface area contributed by atoms with Crippen LogP contribution in [0, 0.1) is 5.92 Å². The number of rotatable bonds is 6. The molecule has 1 heterocycles. The first-order valence-electron chi connectivity index (χ1n) is 5.87. The van der Waals surface area contributed by atoms with E-state index in [0.29, 0.717) is 16.3 Å². The van der Waals surface area contributed by atoms with Gasteiger partial charge in [0.25, 0.3) is 0 Å². The zero-order valence-corrected chi connectivity index (χ0v) is 11.8. The van der Waals surface area contributed by atoms with Crippen LogP contribution in [0.5, 0.6) is 0 Å². The molecule has 1 N–H and O–H groups in total. The van der Waals surface area contributed by atoms with Gasteiger partial charge in [-0.2, -0.15) is 0 Å². The largest absolute Gasteiger partial charge is 0.450 e. The van der Waals surface area contributed by atoms with E-state index < -0.39 is 0 Å². The Bertz CT molecular complexity index is 381. The smallest absolute Gasteiger partial charge is 0.244 e. The summed E-state index contributed by atoms with van der Waals surface area (Å²) in [5, 5.41) is 2.88. The molecule has 0 bridgehead atoms. The molecule has 0 aliphatic heterocycles. The Morgan fingerprint density at radius 1 is 1.47 bits per heavy atom. The van der Waals surface area contributed by atoms with E-state index in [1.54, 1.807) is 18.2 Å². The van der Waals surface area contributed by atoms with Gasteiger partial charge in [-0.3, -0.25) is 4.79 Å². The van der Waals surface area contributed by atoms with Gasteiger partial charge in [0.15, 0.2) is 4.67 Å². The second-order valence-electron chi connectivity index (χ2n) is 3.90. The first-order chi connectivity index (χ1) is 8.15. The molecule has 4 heteroatoms. The third-order valence-electron chi connectivity index (χ3n) is 2.71. The lowest BCUT2D eigenvalue weighted by Gasteiger charge is -2.11. The maximum Gasteiger partial charge on any atom is 0.244 e. The van der Waals surface area contributed by atoms with Gasteiger partial charge in [-0.1, -0.05) is 26.7 Å². The second kappa shape index (κ2) is 7.33. The minimum Gasteiger partial charge on any atom is -0.450 e. The Morgan fingerprint density at radius 2 is 2.18 bits per heavy atom. The highest BCUT2D eigenvalue weighted by Gasteiger charge is 2.04. The predicted octanol–water partition coefficient (Wildman–Crippen LogP) is 3.61. The molecule has 0 saturated carbocycles. The molecule has 1 rings (SSSR count). The molecule has 0 aliphatic rings. The summed E-state index contributed by atoms with van der Waals surface area (Å²) in [6.45, 7) is 5.01. The quantitative estimate of drug-likeness (QED) is 0.816. The maximum atomic E-state index is 11.5. The number of carbonyl (C=O) groups excluding carboxylic acids is 1. The molecule has 0 unspecified atom stereocenters. The van der Waals surface area contributed by atoms with E-state index in [9.17, 15) is 4.79 Å². The molecular formula is C13H18BrNO2. The first-order valence-corrected chi connectivity index (χ1v) is 6.66. The van der Waals surface area contributed by atoms with Crippen LogP contribution in [0.4, 0.5) is 0 Å². The van der Waals surface area contributed by atoms with Crippen molar-refractivity contribution in [3.05, 3.63) is 28.6 Å². The summed E-state index contributed by atoms with van der Waals surface area (Å²) in [7, 11) is 0. The van der Waals surface area contributed by atoms with Crippen LogP contribution in [0.25, 0.3) is 6.08 Å². The van der Waals surface area contributed by atoms with Crippen molar-refractivity contribution >= 4 is 27.9 Å². The van der Waals surface area contributed by atoms with E-state index in [1.807, 2.05) is 0 Å². The van der Waals surface area contributed by atoms with Crippen LogP contribution >= 0.6 is 15.9 Å². The number of carbonyl (C=O) groups is 1. The second-order valence-corrected chi connectivity index (χ2v) is 4.68. The Balaban J connectivity index is 2.36. The van der Waals surface area contributed by atoms with Crippen molar-refractivity contribution in [2.75, 3.05) is 6.54 Å². The van der Waals surface area contributed by atoms with Gasteiger partial charge in [-0.05, 0) is 40.1 Å². The highest BCUT2D eigenvalue weighted by Crippen LogP contribution is 2.14. The summed E-state index contributed by atoms with van der Waals surface area (Å²) >= 11 is 3.21. The van der Waals surface area contributed by atoms with Gasteiger partial charge in [0.1, 0.15) is 5.76 Å². The summed E-state index contributed by atoms with van der Waals surface area (Å²) in [5.74, 6) is 1.14. The van der Waals surface area contributed by atoms with E-state index in [0.717, 1.165) is 19.4 Å². The van der Waals surface area contributed by atoms with Gasteiger partial charge in [0, 0.05) is 12.6 Å². The standard InChI is InChI=1S/C13H18BrNO2/c1-3-10(4-2)9-15-13(16)8-6-11-5-7-12(14)17-11/h5-8,10H,3-4,9H2,1-2H3,(H,15,16)/b8-6+. The fourth-order valence-electron chi connectivity index (χ4n) is 1.46. The van der Waals surface area contributed by atoms with Gasteiger partial charge < -0.3 is 9.73 Å². The SMILES string of the molecule is CCC(CC)CNC(=O)/C=C/c1ccc(Br)o1. The van der Waals surface area contributed by atoms with Crippen LogP contribution < -0.4 is 5.32 Å². The fourth-order valence-corrected chi connectivity index (χ4v) is 1.78. The highest BCUT2D eigenvalue weighted by molar-refractivity contribution is 9.10. The van der Waals surface area contributed by atoms with Gasteiger partial charge in [0.2, 0.25) is 5.91 Å². The maximum absolute atomic E-state index is 11.5. The average molecular weight is 300 g/mol. The lowest BCUT2D eigenvalue weighted by Crippen LogP contribution is -2.27. The molecule has 1 aromatic rings. The van der Waals surface area contributed by atoms with Gasteiger partial charge >= 0.3 is 0 Å². The number of hydrogen-bond donors (Lipinski definition) is 1. The van der Waals surface area contributed by atoms with Gasteiger partial charge in [-0.15, -0.1) is 0 Å². The molecule has 0 spiro atoms. The number of halogens is 1. The van der Waals surface area contributed by atoms with E-state index in [2.05, 4.69) is 35.1 Å². The molecule has 1 amide bonds. The van der Waals surface area contributed by atoms with Crippen LogP contribution in [-0.4, -0.2) is 12.5 Å². The van der Waals surface area contributed by atoms with Crippen LogP contribution in [0.1, 0.15) is 32.4 Å². The molecule has 1 aromatic heterocycles. The molecular weight excluding hydrogens is 282 g/mol. The Hall–Kier alpha value is -1.03.